The number of fused-ring (bicyclic) bond motifs is 4. The van der Waals surface area contributed by atoms with Gasteiger partial charge in [-0.2, -0.15) is 0 Å². The number of amides is 5. The molecule has 1 aliphatic heterocycles. The van der Waals surface area contributed by atoms with E-state index in [0.29, 0.717) is 72.3 Å². The van der Waals surface area contributed by atoms with Crippen LogP contribution in [0.1, 0.15) is 73.6 Å². The molecule has 5 amide bonds. The van der Waals surface area contributed by atoms with E-state index in [0.717, 1.165) is 22.3 Å². The van der Waals surface area contributed by atoms with E-state index < -0.39 is 11.9 Å². The van der Waals surface area contributed by atoms with E-state index >= 15 is 0 Å². The van der Waals surface area contributed by atoms with Gasteiger partial charge in [-0.15, -0.1) is 0 Å². The van der Waals surface area contributed by atoms with Crippen molar-refractivity contribution in [2.24, 2.45) is 0 Å². The van der Waals surface area contributed by atoms with Gasteiger partial charge in [0.25, 0.3) is 17.7 Å². The van der Waals surface area contributed by atoms with Crippen LogP contribution in [-0.4, -0.2) is 119 Å². The quantitative estimate of drug-likeness (QED) is 0.0556. The Morgan fingerprint density at radius 2 is 1.55 bits per heavy atom. The van der Waals surface area contributed by atoms with Crippen molar-refractivity contribution < 1.29 is 47.3 Å². The highest BCUT2D eigenvalue weighted by molar-refractivity contribution is 6.35. The van der Waals surface area contributed by atoms with Crippen LogP contribution in [0, 0.1) is 19.7 Å². The first kappa shape index (κ1) is 45.2. The Morgan fingerprint density at radius 3 is 2.34 bits per heavy atom. The molecule has 1 aromatic heterocycles. The number of H-pyrrole nitrogens is 1. The maximum Gasteiger partial charge on any atom is 0.409 e. The number of halogens is 1. The van der Waals surface area contributed by atoms with Gasteiger partial charge >= 0.3 is 6.09 Å². The van der Waals surface area contributed by atoms with Crippen LogP contribution in [0.25, 0.3) is 22.8 Å². The summed E-state index contributed by atoms with van der Waals surface area (Å²) in [4.78, 5) is 69.6. The summed E-state index contributed by atoms with van der Waals surface area (Å²) in [5, 5.41) is 11.3. The van der Waals surface area contributed by atoms with Crippen LogP contribution in [0.4, 0.5) is 14.9 Å². The van der Waals surface area contributed by atoms with E-state index in [1.165, 1.54) is 23.1 Å². The lowest BCUT2D eigenvalue weighted by molar-refractivity contribution is -0.122. The minimum absolute atomic E-state index is 0.0303. The highest BCUT2D eigenvalue weighted by Gasteiger charge is 2.31. The van der Waals surface area contributed by atoms with Gasteiger partial charge in [0.1, 0.15) is 12.4 Å². The molecule has 0 fully saturated rings. The van der Waals surface area contributed by atoms with Crippen molar-refractivity contribution >= 4 is 47.1 Å². The summed E-state index contributed by atoms with van der Waals surface area (Å²) >= 11 is 0. The van der Waals surface area contributed by atoms with E-state index in [1.807, 2.05) is 43.3 Å². The minimum atomic E-state index is -0.545. The maximum absolute atomic E-state index is 14.0. The second kappa shape index (κ2) is 21.4. The van der Waals surface area contributed by atoms with E-state index in [2.05, 4.69) is 26.3 Å². The third-order valence-electron chi connectivity index (χ3n) is 10.8. The van der Waals surface area contributed by atoms with Gasteiger partial charge in [-0.3, -0.25) is 19.2 Å². The first-order valence-electron chi connectivity index (χ1n) is 20.6. The fourth-order valence-electron chi connectivity index (χ4n) is 7.55. The molecular weight excluding hydrogens is 800 g/mol. The molecule has 1 atom stereocenters. The monoisotopic (exact) mass is 852 g/mol. The number of likely N-dealkylation sites (N-methyl/N-ethyl adjacent to an activating group) is 1. The van der Waals surface area contributed by atoms with Gasteiger partial charge in [0, 0.05) is 80.4 Å². The Kier molecular flexibility index (Phi) is 15.6. The predicted octanol–water partition coefficient (Wildman–Crippen LogP) is 5.18. The highest BCUT2D eigenvalue weighted by atomic mass is 19.1. The summed E-state index contributed by atoms with van der Waals surface area (Å²) in [6, 6.07) is 17.4. The number of hydrogen-bond donors (Lipinski definition) is 5. The number of benzene rings is 3. The van der Waals surface area contributed by atoms with Crippen molar-refractivity contribution in [2.45, 2.75) is 33.1 Å². The van der Waals surface area contributed by atoms with Crippen LogP contribution in [0.5, 0.6) is 0 Å². The number of aromatic amines is 1. The van der Waals surface area contributed by atoms with Crippen molar-refractivity contribution in [2.75, 3.05) is 84.8 Å². The molecule has 0 bridgehead atoms. The Hall–Kier alpha value is -6.36. The number of carbonyl (C=O) groups is 5. The van der Waals surface area contributed by atoms with Crippen LogP contribution in [0.2, 0.25) is 0 Å². The highest BCUT2D eigenvalue weighted by Crippen LogP contribution is 2.45. The first-order chi connectivity index (χ1) is 30.0. The van der Waals surface area contributed by atoms with Crippen LogP contribution >= 0.6 is 0 Å². The number of methoxy groups -OCH3 is 1. The molecule has 328 valence electrons. The van der Waals surface area contributed by atoms with Gasteiger partial charge in [0.05, 0.1) is 44.2 Å². The number of aromatic nitrogens is 1. The van der Waals surface area contributed by atoms with Gasteiger partial charge < -0.3 is 50.1 Å². The molecule has 0 saturated heterocycles. The van der Waals surface area contributed by atoms with Crippen molar-refractivity contribution in [3.63, 3.8) is 0 Å². The fraction of sp³-hybridized carbons (Fsp3) is 0.370. The molecule has 0 radical (unpaired) electrons. The summed E-state index contributed by atoms with van der Waals surface area (Å²) < 4.78 is 35.5. The average Bonchev–Trinajstić information content (AvgIpc) is 3.86. The standard InChI is InChI=1S/C46H53FN6O9/c1-5-53(18-17-50-45(57)42-28(2)40(51-29(42)3)26-37-36-25-31(47)11-13-39(36)52-44(37)56)46(58)62-27-38-33-9-7-6-8-32(33)34-12-10-30(24-35(34)38)43(55)49-16-15-48-41(54)14-19-60-22-23-61-21-20-59-4/h6-13,24-26,38,51H,5,14-23,27H2,1-4H3,(H,48,54)(H,49,55)(H,50,57)(H,52,56)/b37-26-. The van der Waals surface area contributed by atoms with Crippen molar-refractivity contribution in [3.8, 4) is 11.1 Å². The van der Waals surface area contributed by atoms with E-state index in [9.17, 15) is 28.4 Å². The number of nitrogens with one attached hydrogen (secondary N) is 5. The molecule has 5 N–H and O–H groups in total. The SMILES string of the molecule is CCN(CCNC(=O)c1c(C)[nH]c(/C=C2\C(=O)Nc3ccc(F)cc32)c1C)C(=O)OCC1c2ccccc2-c2ccc(C(=O)NCCNC(=O)CCOCCOCCOC)cc21. The summed E-state index contributed by atoms with van der Waals surface area (Å²) in [7, 11) is 1.60. The van der Waals surface area contributed by atoms with Gasteiger partial charge in [0.15, 0.2) is 0 Å². The van der Waals surface area contributed by atoms with Crippen LogP contribution in [0.3, 0.4) is 0 Å². The molecule has 2 heterocycles. The molecule has 15 nitrogen and oxygen atoms in total. The van der Waals surface area contributed by atoms with Crippen LogP contribution in [-0.2, 0) is 28.5 Å². The molecule has 6 rings (SSSR count). The van der Waals surface area contributed by atoms with Crippen LogP contribution < -0.4 is 21.3 Å². The second-order valence-corrected chi connectivity index (χ2v) is 14.8. The summed E-state index contributed by atoms with van der Waals surface area (Å²) in [5.74, 6) is -1.99. The third kappa shape index (κ3) is 10.9. The minimum Gasteiger partial charge on any atom is -0.448 e. The molecule has 62 heavy (non-hydrogen) atoms. The number of anilines is 1. The lowest BCUT2D eigenvalue weighted by Crippen LogP contribution is -2.39. The summed E-state index contributed by atoms with van der Waals surface area (Å²) in [6.07, 6.45) is 1.26. The average molecular weight is 853 g/mol. The Labute approximate surface area is 359 Å². The molecule has 0 spiro atoms. The number of aryl methyl sites for hydroxylation is 1. The fourth-order valence-corrected chi connectivity index (χ4v) is 7.55. The number of rotatable bonds is 21. The second-order valence-electron chi connectivity index (χ2n) is 14.8. The topological polar surface area (TPSA) is 189 Å². The zero-order chi connectivity index (χ0) is 44.2. The lowest BCUT2D eigenvalue weighted by Gasteiger charge is -2.22. The van der Waals surface area contributed by atoms with E-state index in [-0.39, 0.29) is 80.9 Å². The maximum atomic E-state index is 14.0. The molecule has 0 saturated carbocycles. The molecular formula is C46H53FN6O9. The molecule has 3 aromatic carbocycles. The number of ether oxygens (including phenoxy) is 4. The predicted molar refractivity (Wildman–Crippen MR) is 231 cm³/mol. The Morgan fingerprint density at radius 1 is 0.823 bits per heavy atom. The number of hydrogen-bond acceptors (Lipinski definition) is 9. The molecule has 1 unspecified atom stereocenters. The van der Waals surface area contributed by atoms with Gasteiger partial charge in [0.2, 0.25) is 5.91 Å². The molecule has 4 aromatic rings. The van der Waals surface area contributed by atoms with Gasteiger partial charge in [-0.1, -0.05) is 30.3 Å². The zero-order valence-electron chi connectivity index (χ0n) is 35.4. The van der Waals surface area contributed by atoms with Crippen LogP contribution in [0.15, 0.2) is 60.7 Å². The number of nitrogens with zero attached hydrogens (tertiary/aromatic N) is 1. The third-order valence-corrected chi connectivity index (χ3v) is 10.8. The largest absolute Gasteiger partial charge is 0.448 e. The Balaban J connectivity index is 0.988. The van der Waals surface area contributed by atoms with Crippen molar-refractivity contribution in [1.29, 1.82) is 0 Å². The smallest absolute Gasteiger partial charge is 0.409 e. The molecule has 16 heteroatoms. The van der Waals surface area contributed by atoms with Crippen molar-refractivity contribution in [3.05, 3.63) is 111 Å². The van der Waals surface area contributed by atoms with Gasteiger partial charge in [-0.25, -0.2) is 9.18 Å². The Bertz CT molecular complexity index is 2330. The molecule has 2 aliphatic rings. The molecule has 1 aliphatic carbocycles. The summed E-state index contributed by atoms with van der Waals surface area (Å²) in [5.41, 5.74) is 7.63. The van der Waals surface area contributed by atoms with E-state index in [1.54, 1.807) is 33.1 Å². The van der Waals surface area contributed by atoms with Gasteiger partial charge in [-0.05, 0) is 85.0 Å². The normalized spacial score (nSPS) is 14.2. The summed E-state index contributed by atoms with van der Waals surface area (Å²) in [6.45, 7) is 8.58. The van der Waals surface area contributed by atoms with E-state index in [4.69, 9.17) is 18.9 Å². The number of carbonyl (C=O) groups excluding carboxylic acids is 5. The zero-order valence-corrected chi connectivity index (χ0v) is 35.4. The lowest BCUT2D eigenvalue weighted by atomic mass is 9.96. The van der Waals surface area contributed by atoms with Crippen molar-refractivity contribution in [1.82, 2.24) is 25.8 Å². The first-order valence-corrected chi connectivity index (χ1v) is 20.6.